The van der Waals surface area contributed by atoms with Crippen LogP contribution in [0.15, 0.2) is 24.3 Å². The summed E-state index contributed by atoms with van der Waals surface area (Å²) in [7, 11) is 2.17. The van der Waals surface area contributed by atoms with E-state index < -0.39 is 0 Å². The number of likely N-dealkylation sites (N-methyl/N-ethyl adjacent to an activating group) is 1. The zero-order chi connectivity index (χ0) is 18.2. The van der Waals surface area contributed by atoms with E-state index in [1.165, 1.54) is 0 Å². The molecule has 140 valence electrons. The van der Waals surface area contributed by atoms with Crippen molar-refractivity contribution in [2.24, 2.45) is 5.92 Å². The first-order valence-electron chi connectivity index (χ1n) is 9.40. The van der Waals surface area contributed by atoms with E-state index in [0.717, 1.165) is 44.0 Å². The Morgan fingerprint density at radius 1 is 1.16 bits per heavy atom. The molecule has 1 aromatic carbocycles. The molecule has 25 heavy (non-hydrogen) atoms. The number of piperazine rings is 1. The van der Waals surface area contributed by atoms with Crippen LogP contribution in [0.5, 0.6) is 5.75 Å². The van der Waals surface area contributed by atoms with E-state index in [1.807, 2.05) is 31.2 Å². The third-order valence-electron chi connectivity index (χ3n) is 4.88. The van der Waals surface area contributed by atoms with Crippen molar-refractivity contribution in [2.75, 3.05) is 46.4 Å². The second-order valence-electron chi connectivity index (χ2n) is 7.21. The first-order chi connectivity index (χ1) is 12.0. The highest BCUT2D eigenvalue weighted by atomic mass is 16.5. The monoisotopic (exact) mass is 347 g/mol. The molecule has 5 nitrogen and oxygen atoms in total. The number of carbonyl (C=O) groups excluding carboxylic acids is 1. The molecule has 1 amide bonds. The molecule has 2 rings (SSSR count). The Hall–Kier alpha value is -1.59. The van der Waals surface area contributed by atoms with Crippen LogP contribution in [0.3, 0.4) is 0 Å². The summed E-state index contributed by atoms with van der Waals surface area (Å²) in [5.41, 5.74) is 1.02. The number of carbonyl (C=O) groups is 1. The summed E-state index contributed by atoms with van der Waals surface area (Å²) in [5, 5.41) is 3.14. The van der Waals surface area contributed by atoms with Crippen LogP contribution in [0.25, 0.3) is 0 Å². The summed E-state index contributed by atoms with van der Waals surface area (Å²) >= 11 is 0. The second-order valence-corrected chi connectivity index (χ2v) is 7.21. The standard InChI is InChI=1S/C20H33N3O2/c1-5-25-18-8-6-17(7-9-18)14-20(24)21-15-19(16(2)3)23-12-10-22(4)11-13-23/h6-9,16,19H,5,10-15H2,1-4H3,(H,21,24). The number of nitrogens with zero attached hydrogens (tertiary/aromatic N) is 2. The van der Waals surface area contributed by atoms with Crippen LogP contribution in [-0.4, -0.2) is 68.1 Å². The topological polar surface area (TPSA) is 44.8 Å². The molecule has 0 aliphatic carbocycles. The number of hydrogen-bond acceptors (Lipinski definition) is 4. The average Bonchev–Trinajstić information content (AvgIpc) is 2.58. The fraction of sp³-hybridized carbons (Fsp3) is 0.650. The molecular weight excluding hydrogens is 314 g/mol. The second kappa shape index (κ2) is 9.78. The van der Waals surface area contributed by atoms with Crippen LogP contribution in [0.1, 0.15) is 26.3 Å². The summed E-state index contributed by atoms with van der Waals surface area (Å²) in [6.45, 7) is 12.2. The van der Waals surface area contributed by atoms with Gasteiger partial charge in [0, 0.05) is 38.8 Å². The molecule has 1 atom stereocenters. The van der Waals surface area contributed by atoms with Crippen molar-refractivity contribution >= 4 is 5.91 Å². The van der Waals surface area contributed by atoms with Crippen LogP contribution in [0, 0.1) is 5.92 Å². The zero-order valence-corrected chi connectivity index (χ0v) is 16.1. The number of benzene rings is 1. The molecule has 1 aliphatic heterocycles. The molecule has 0 radical (unpaired) electrons. The third kappa shape index (κ3) is 6.33. The van der Waals surface area contributed by atoms with E-state index in [2.05, 4.69) is 36.0 Å². The van der Waals surface area contributed by atoms with Gasteiger partial charge in [-0.25, -0.2) is 0 Å². The lowest BCUT2D eigenvalue weighted by Crippen LogP contribution is -2.54. The average molecular weight is 348 g/mol. The molecule has 1 aliphatic rings. The Bertz CT molecular complexity index is 522. The minimum Gasteiger partial charge on any atom is -0.494 e. The maximum Gasteiger partial charge on any atom is 0.224 e. The summed E-state index contributed by atoms with van der Waals surface area (Å²) in [5.74, 6) is 1.46. The molecule has 5 heteroatoms. The number of rotatable bonds is 8. The largest absolute Gasteiger partial charge is 0.494 e. The molecule has 0 aromatic heterocycles. The van der Waals surface area contributed by atoms with Gasteiger partial charge in [-0.05, 0) is 37.6 Å². The van der Waals surface area contributed by atoms with Gasteiger partial charge in [-0.3, -0.25) is 9.69 Å². The Labute approximate surface area is 152 Å². The van der Waals surface area contributed by atoms with E-state index in [9.17, 15) is 4.79 Å². The molecule has 0 bridgehead atoms. The minimum atomic E-state index is 0.0870. The van der Waals surface area contributed by atoms with Gasteiger partial charge in [0.2, 0.25) is 5.91 Å². The molecule has 1 fully saturated rings. The predicted molar refractivity (Wildman–Crippen MR) is 102 cm³/mol. The maximum atomic E-state index is 12.3. The molecule has 0 saturated carbocycles. The van der Waals surface area contributed by atoms with E-state index in [0.29, 0.717) is 25.0 Å². The normalized spacial score (nSPS) is 17.5. The molecule has 1 unspecified atom stereocenters. The third-order valence-corrected chi connectivity index (χ3v) is 4.88. The van der Waals surface area contributed by atoms with Crippen LogP contribution in [0.2, 0.25) is 0 Å². The van der Waals surface area contributed by atoms with Crippen molar-refractivity contribution in [3.63, 3.8) is 0 Å². The van der Waals surface area contributed by atoms with Crippen LogP contribution in [0.4, 0.5) is 0 Å². The van der Waals surface area contributed by atoms with Gasteiger partial charge in [0.1, 0.15) is 5.75 Å². The summed E-state index contributed by atoms with van der Waals surface area (Å²) in [6, 6.07) is 8.18. The lowest BCUT2D eigenvalue weighted by Gasteiger charge is -2.39. The van der Waals surface area contributed by atoms with Crippen molar-refractivity contribution in [1.82, 2.24) is 15.1 Å². The van der Waals surface area contributed by atoms with Gasteiger partial charge in [-0.1, -0.05) is 26.0 Å². The van der Waals surface area contributed by atoms with Gasteiger partial charge < -0.3 is 15.0 Å². The minimum absolute atomic E-state index is 0.0870. The Morgan fingerprint density at radius 2 is 1.80 bits per heavy atom. The Morgan fingerprint density at radius 3 is 2.36 bits per heavy atom. The van der Waals surface area contributed by atoms with Crippen molar-refractivity contribution in [2.45, 2.75) is 33.2 Å². The van der Waals surface area contributed by atoms with Gasteiger partial charge in [-0.2, -0.15) is 0 Å². The molecule has 1 saturated heterocycles. The van der Waals surface area contributed by atoms with Crippen molar-refractivity contribution < 1.29 is 9.53 Å². The van der Waals surface area contributed by atoms with Crippen molar-refractivity contribution in [1.29, 1.82) is 0 Å². The van der Waals surface area contributed by atoms with E-state index in [4.69, 9.17) is 4.74 Å². The SMILES string of the molecule is CCOc1ccc(CC(=O)NCC(C(C)C)N2CCN(C)CC2)cc1. The molecule has 1 aromatic rings. The molecule has 0 spiro atoms. The Balaban J connectivity index is 1.82. The van der Waals surface area contributed by atoms with Gasteiger partial charge in [0.05, 0.1) is 13.0 Å². The van der Waals surface area contributed by atoms with Gasteiger partial charge >= 0.3 is 0 Å². The van der Waals surface area contributed by atoms with E-state index in [1.54, 1.807) is 0 Å². The molecule has 1 N–H and O–H groups in total. The van der Waals surface area contributed by atoms with E-state index >= 15 is 0 Å². The highest BCUT2D eigenvalue weighted by molar-refractivity contribution is 5.78. The number of nitrogens with one attached hydrogen (secondary N) is 1. The van der Waals surface area contributed by atoms with Crippen LogP contribution < -0.4 is 10.1 Å². The number of amides is 1. The highest BCUT2D eigenvalue weighted by Crippen LogP contribution is 2.14. The fourth-order valence-electron chi connectivity index (χ4n) is 3.28. The van der Waals surface area contributed by atoms with Crippen molar-refractivity contribution in [3.8, 4) is 5.75 Å². The predicted octanol–water partition coefficient (Wildman–Crippen LogP) is 2.02. The first-order valence-corrected chi connectivity index (χ1v) is 9.40. The lowest BCUT2D eigenvalue weighted by atomic mass is 10.0. The maximum absolute atomic E-state index is 12.3. The Kier molecular flexibility index (Phi) is 7.72. The lowest BCUT2D eigenvalue weighted by molar-refractivity contribution is -0.120. The van der Waals surface area contributed by atoms with Crippen molar-refractivity contribution in [3.05, 3.63) is 29.8 Å². The van der Waals surface area contributed by atoms with Gasteiger partial charge in [-0.15, -0.1) is 0 Å². The van der Waals surface area contributed by atoms with E-state index in [-0.39, 0.29) is 5.91 Å². The summed E-state index contributed by atoms with van der Waals surface area (Å²) in [6.07, 6.45) is 0.417. The number of ether oxygens (including phenoxy) is 1. The van der Waals surface area contributed by atoms with Crippen LogP contribution >= 0.6 is 0 Å². The smallest absolute Gasteiger partial charge is 0.224 e. The van der Waals surface area contributed by atoms with Crippen LogP contribution in [-0.2, 0) is 11.2 Å². The first kappa shape index (κ1) is 19.7. The summed E-state index contributed by atoms with van der Waals surface area (Å²) < 4.78 is 5.44. The van der Waals surface area contributed by atoms with Gasteiger partial charge in [0.15, 0.2) is 0 Å². The zero-order valence-electron chi connectivity index (χ0n) is 16.1. The number of hydrogen-bond donors (Lipinski definition) is 1. The highest BCUT2D eigenvalue weighted by Gasteiger charge is 2.25. The quantitative estimate of drug-likeness (QED) is 0.781. The summed E-state index contributed by atoms with van der Waals surface area (Å²) in [4.78, 5) is 17.2. The van der Waals surface area contributed by atoms with Gasteiger partial charge in [0.25, 0.3) is 0 Å². The molecule has 1 heterocycles. The fourth-order valence-corrected chi connectivity index (χ4v) is 3.28. The molecular formula is C20H33N3O2.